The number of nitro benzene ring substituents is 1. The van der Waals surface area contributed by atoms with Gasteiger partial charge in [-0.1, -0.05) is 11.6 Å². The van der Waals surface area contributed by atoms with Crippen LogP contribution in [0.3, 0.4) is 0 Å². The van der Waals surface area contributed by atoms with Crippen LogP contribution >= 0.6 is 11.6 Å². The fourth-order valence-electron chi connectivity index (χ4n) is 2.64. The van der Waals surface area contributed by atoms with Gasteiger partial charge in [-0.25, -0.2) is 4.39 Å². The van der Waals surface area contributed by atoms with E-state index in [0.717, 1.165) is 31.5 Å². The predicted molar refractivity (Wildman–Crippen MR) is 81.6 cm³/mol. The van der Waals surface area contributed by atoms with E-state index in [1.165, 1.54) is 0 Å². The molecule has 0 amide bonds. The number of rotatable bonds is 5. The van der Waals surface area contributed by atoms with E-state index >= 15 is 0 Å². The molecule has 1 unspecified atom stereocenters. The number of nitrogens with zero attached hydrogens (tertiary/aromatic N) is 2. The van der Waals surface area contributed by atoms with Gasteiger partial charge in [-0.05, 0) is 33.2 Å². The third-order valence-electron chi connectivity index (χ3n) is 3.73. The average molecular weight is 316 g/mol. The van der Waals surface area contributed by atoms with Crippen LogP contribution in [-0.4, -0.2) is 30.1 Å². The molecule has 0 aromatic heterocycles. The van der Waals surface area contributed by atoms with E-state index in [4.69, 9.17) is 11.6 Å². The van der Waals surface area contributed by atoms with Crippen molar-refractivity contribution in [1.29, 1.82) is 0 Å². The van der Waals surface area contributed by atoms with Crippen molar-refractivity contribution in [3.05, 3.63) is 33.1 Å². The molecular formula is C14H19ClFN3O2. The molecule has 0 aliphatic carbocycles. The zero-order valence-corrected chi connectivity index (χ0v) is 12.9. The molecule has 0 saturated carbocycles. The lowest BCUT2D eigenvalue weighted by atomic mass is 10.1. The molecule has 1 saturated heterocycles. The highest BCUT2D eigenvalue weighted by Gasteiger charge is 2.27. The highest BCUT2D eigenvalue weighted by Crippen LogP contribution is 2.34. The molecule has 21 heavy (non-hydrogen) atoms. The van der Waals surface area contributed by atoms with Crippen molar-refractivity contribution in [2.24, 2.45) is 0 Å². The molecule has 1 atom stereocenters. The van der Waals surface area contributed by atoms with Gasteiger partial charge in [-0.15, -0.1) is 0 Å². The van der Waals surface area contributed by atoms with Crippen LogP contribution in [0.1, 0.15) is 26.7 Å². The highest BCUT2D eigenvalue weighted by molar-refractivity contribution is 6.31. The summed E-state index contributed by atoms with van der Waals surface area (Å²) in [6.07, 6.45) is 2.11. The van der Waals surface area contributed by atoms with Gasteiger partial charge in [-0.3, -0.25) is 10.1 Å². The number of anilines is 1. The van der Waals surface area contributed by atoms with Crippen LogP contribution in [0.25, 0.3) is 0 Å². The molecule has 1 N–H and O–H groups in total. The Balaban J connectivity index is 2.38. The number of nitrogens with one attached hydrogen (secondary N) is 1. The van der Waals surface area contributed by atoms with Crippen molar-refractivity contribution in [2.75, 3.05) is 18.0 Å². The number of halogens is 2. The van der Waals surface area contributed by atoms with Crippen LogP contribution in [-0.2, 0) is 0 Å². The van der Waals surface area contributed by atoms with Gasteiger partial charge in [0, 0.05) is 30.8 Å². The number of benzene rings is 1. The summed E-state index contributed by atoms with van der Waals surface area (Å²) < 4.78 is 13.8. The van der Waals surface area contributed by atoms with Gasteiger partial charge in [-0.2, -0.15) is 0 Å². The minimum absolute atomic E-state index is 0.0201. The Hall–Kier alpha value is -1.40. The van der Waals surface area contributed by atoms with E-state index in [-0.39, 0.29) is 28.5 Å². The monoisotopic (exact) mass is 315 g/mol. The molecule has 0 spiro atoms. The first-order chi connectivity index (χ1) is 9.90. The highest BCUT2D eigenvalue weighted by atomic mass is 35.5. The molecule has 5 nitrogen and oxygen atoms in total. The van der Waals surface area contributed by atoms with Crippen LogP contribution in [0, 0.1) is 15.9 Å². The Labute approximate surface area is 128 Å². The Morgan fingerprint density at radius 3 is 2.81 bits per heavy atom. The largest absolute Gasteiger partial charge is 0.362 e. The molecule has 1 fully saturated rings. The molecule has 7 heteroatoms. The zero-order valence-electron chi connectivity index (χ0n) is 12.1. The first-order valence-corrected chi connectivity index (χ1v) is 7.41. The number of hydrogen-bond donors (Lipinski definition) is 1. The molecule has 1 heterocycles. The Bertz CT molecular complexity index is 533. The van der Waals surface area contributed by atoms with Gasteiger partial charge in [0.2, 0.25) is 0 Å². The van der Waals surface area contributed by atoms with Gasteiger partial charge in [0.15, 0.2) is 0 Å². The molecule has 1 aliphatic rings. The smallest absolute Gasteiger partial charge is 0.294 e. The van der Waals surface area contributed by atoms with Crippen molar-refractivity contribution in [3.63, 3.8) is 0 Å². The van der Waals surface area contributed by atoms with E-state index in [1.807, 2.05) is 18.7 Å². The minimum Gasteiger partial charge on any atom is -0.362 e. The Morgan fingerprint density at radius 1 is 1.57 bits per heavy atom. The molecule has 2 rings (SSSR count). The third kappa shape index (κ3) is 3.63. The van der Waals surface area contributed by atoms with Crippen LogP contribution in [0.5, 0.6) is 0 Å². The van der Waals surface area contributed by atoms with Gasteiger partial charge >= 0.3 is 0 Å². The summed E-state index contributed by atoms with van der Waals surface area (Å²) >= 11 is 5.67. The maximum Gasteiger partial charge on any atom is 0.294 e. The molecule has 1 aromatic rings. The van der Waals surface area contributed by atoms with E-state index in [2.05, 4.69) is 5.32 Å². The molecule has 0 bridgehead atoms. The van der Waals surface area contributed by atoms with Crippen LogP contribution in [0.2, 0.25) is 5.02 Å². The van der Waals surface area contributed by atoms with E-state index in [0.29, 0.717) is 6.54 Å². The van der Waals surface area contributed by atoms with Crippen molar-refractivity contribution >= 4 is 23.0 Å². The van der Waals surface area contributed by atoms with Gasteiger partial charge in [0.25, 0.3) is 5.69 Å². The molecule has 1 aliphatic heterocycles. The Kier molecular flexibility index (Phi) is 5.00. The lowest BCUT2D eigenvalue weighted by Gasteiger charge is -2.31. The second-order valence-corrected chi connectivity index (χ2v) is 5.96. The van der Waals surface area contributed by atoms with Crippen LogP contribution in [0.15, 0.2) is 12.1 Å². The first-order valence-electron chi connectivity index (χ1n) is 7.03. The summed E-state index contributed by atoms with van der Waals surface area (Å²) in [5.74, 6) is -0.637. The lowest BCUT2D eigenvalue weighted by molar-refractivity contribution is -0.384. The fraction of sp³-hybridized carbons (Fsp3) is 0.571. The lowest BCUT2D eigenvalue weighted by Crippen LogP contribution is -2.41. The zero-order chi connectivity index (χ0) is 15.6. The van der Waals surface area contributed by atoms with Crippen molar-refractivity contribution < 1.29 is 9.31 Å². The summed E-state index contributed by atoms with van der Waals surface area (Å²) in [7, 11) is 0. The first kappa shape index (κ1) is 16.0. The van der Waals surface area contributed by atoms with Crippen LogP contribution < -0.4 is 10.2 Å². The maximum atomic E-state index is 13.8. The molecule has 116 valence electrons. The molecular weight excluding hydrogens is 297 g/mol. The summed E-state index contributed by atoms with van der Waals surface area (Å²) in [5, 5.41) is 14.4. The molecule has 0 radical (unpaired) electrons. The second kappa shape index (κ2) is 6.58. The summed E-state index contributed by atoms with van der Waals surface area (Å²) in [4.78, 5) is 12.6. The Morgan fingerprint density at radius 2 is 2.29 bits per heavy atom. The predicted octanol–water partition coefficient (Wildman–Crippen LogP) is 3.35. The quantitative estimate of drug-likeness (QED) is 0.668. The normalized spacial score (nSPS) is 18.2. The van der Waals surface area contributed by atoms with E-state index < -0.39 is 10.7 Å². The maximum absolute atomic E-state index is 13.8. The van der Waals surface area contributed by atoms with Gasteiger partial charge in [0.05, 0.1) is 9.95 Å². The summed E-state index contributed by atoms with van der Waals surface area (Å²) in [6, 6.07) is 2.54. The SMILES string of the molecule is CC(C)N(CC1CCCN1)c1cc(F)c(Cl)cc1[N+](=O)[O-]. The second-order valence-electron chi connectivity index (χ2n) is 5.55. The third-order valence-corrected chi connectivity index (χ3v) is 4.02. The minimum atomic E-state index is -0.637. The van der Waals surface area contributed by atoms with Gasteiger partial charge < -0.3 is 10.2 Å². The number of hydrogen-bond acceptors (Lipinski definition) is 4. The van der Waals surface area contributed by atoms with Crippen molar-refractivity contribution in [3.8, 4) is 0 Å². The summed E-state index contributed by atoms with van der Waals surface area (Å²) in [6.45, 7) is 5.43. The fourth-order valence-corrected chi connectivity index (χ4v) is 2.80. The van der Waals surface area contributed by atoms with E-state index in [1.54, 1.807) is 0 Å². The standard InChI is InChI=1S/C14H19ClFN3O2/c1-9(2)18(8-10-4-3-5-17-10)13-7-12(16)11(15)6-14(13)19(20)21/h6-7,9-10,17H,3-5,8H2,1-2H3. The average Bonchev–Trinajstić information content (AvgIpc) is 2.91. The van der Waals surface area contributed by atoms with Crippen molar-refractivity contribution in [1.82, 2.24) is 5.32 Å². The van der Waals surface area contributed by atoms with Crippen LogP contribution in [0.4, 0.5) is 15.8 Å². The van der Waals surface area contributed by atoms with Crippen molar-refractivity contribution in [2.45, 2.75) is 38.8 Å². The van der Waals surface area contributed by atoms with E-state index in [9.17, 15) is 14.5 Å². The number of nitro groups is 1. The molecule has 1 aromatic carbocycles. The summed E-state index contributed by atoms with van der Waals surface area (Å²) in [5.41, 5.74) is 0.124. The topological polar surface area (TPSA) is 58.4 Å². The van der Waals surface area contributed by atoms with Gasteiger partial charge in [0.1, 0.15) is 11.5 Å².